The second kappa shape index (κ2) is 13.9. The summed E-state index contributed by atoms with van der Waals surface area (Å²) < 4.78 is 43.0. The zero-order valence-electron chi connectivity index (χ0n) is 28.7. The lowest BCUT2D eigenvalue weighted by atomic mass is 10.0. The molecular weight excluding hydrogens is 669 g/mol. The minimum Gasteiger partial charge on any atom is -0.349 e. The number of anilines is 1. The van der Waals surface area contributed by atoms with Crippen molar-refractivity contribution in [2.45, 2.75) is 84.0 Å². The summed E-state index contributed by atoms with van der Waals surface area (Å²) in [6.45, 7) is 17.3. The number of hydrogen-bond donors (Lipinski definition) is 0. The molecule has 1 aliphatic rings. The van der Waals surface area contributed by atoms with Crippen molar-refractivity contribution in [3.63, 3.8) is 0 Å². The van der Waals surface area contributed by atoms with E-state index in [4.69, 9.17) is 16.6 Å². The summed E-state index contributed by atoms with van der Waals surface area (Å²) >= 11 is 6.85. The number of sulfone groups is 1. The summed E-state index contributed by atoms with van der Waals surface area (Å²) in [6, 6.07) is 7.18. The van der Waals surface area contributed by atoms with Crippen molar-refractivity contribution >= 4 is 44.2 Å². The average Bonchev–Trinajstić information content (AvgIpc) is 3.04. The van der Waals surface area contributed by atoms with Crippen LogP contribution in [0.15, 0.2) is 52.9 Å². The van der Waals surface area contributed by atoms with Gasteiger partial charge in [0, 0.05) is 30.7 Å². The van der Waals surface area contributed by atoms with Gasteiger partial charge in [0.2, 0.25) is 20.9 Å². The zero-order chi connectivity index (χ0) is 35.9. The molecule has 0 aliphatic carbocycles. The molecule has 260 valence electrons. The molecule has 0 bridgehead atoms. The highest BCUT2D eigenvalue weighted by Crippen LogP contribution is 2.37. The van der Waals surface area contributed by atoms with Gasteiger partial charge in [-0.25, -0.2) is 37.1 Å². The number of aromatic nitrogens is 5. The van der Waals surface area contributed by atoms with Gasteiger partial charge < -0.3 is 9.80 Å². The Morgan fingerprint density at radius 1 is 1.04 bits per heavy atom. The maximum Gasteiger partial charge on any atom is 0.355 e. The van der Waals surface area contributed by atoms with Crippen LogP contribution in [0.1, 0.15) is 78.1 Å². The quantitative estimate of drug-likeness (QED) is 0.150. The van der Waals surface area contributed by atoms with E-state index in [-0.39, 0.29) is 68.4 Å². The average molecular weight is 710 g/mol. The fourth-order valence-electron chi connectivity index (χ4n) is 6.22. The van der Waals surface area contributed by atoms with E-state index in [0.717, 1.165) is 0 Å². The van der Waals surface area contributed by atoms with Crippen LogP contribution in [-0.4, -0.2) is 74.7 Å². The molecule has 3 aromatic heterocycles. The smallest absolute Gasteiger partial charge is 0.349 e. The summed E-state index contributed by atoms with van der Waals surface area (Å²) in [5, 5.41) is 0.238. The van der Waals surface area contributed by atoms with Gasteiger partial charge in [-0.2, -0.15) is 4.98 Å². The number of benzene rings is 1. The first-order chi connectivity index (χ1) is 23.1. The lowest BCUT2D eigenvalue weighted by Crippen LogP contribution is -2.58. The molecule has 0 saturated carbocycles. The Labute approximate surface area is 290 Å². The molecule has 1 aliphatic heterocycles. The van der Waals surface area contributed by atoms with Crippen LogP contribution < -0.4 is 10.6 Å². The van der Waals surface area contributed by atoms with E-state index in [1.807, 2.05) is 46.4 Å². The fourth-order valence-corrected chi connectivity index (χ4v) is 7.66. The van der Waals surface area contributed by atoms with Gasteiger partial charge in [0.15, 0.2) is 5.65 Å². The summed E-state index contributed by atoms with van der Waals surface area (Å²) in [4.78, 5) is 49.3. The lowest BCUT2D eigenvalue weighted by Gasteiger charge is -2.44. The topological polar surface area (TPSA) is 131 Å². The number of fused-ring (bicyclic) bond motifs is 1. The molecule has 0 N–H and O–H groups in total. The van der Waals surface area contributed by atoms with Gasteiger partial charge in [-0.05, 0) is 56.4 Å². The summed E-state index contributed by atoms with van der Waals surface area (Å²) in [5.74, 6) is -1.27. The first-order valence-corrected chi connectivity index (χ1v) is 18.4. The molecule has 1 saturated heterocycles. The van der Waals surface area contributed by atoms with Crippen LogP contribution in [0.3, 0.4) is 0 Å². The van der Waals surface area contributed by atoms with Gasteiger partial charge in [0.25, 0.3) is 0 Å². The molecule has 2 atom stereocenters. The van der Waals surface area contributed by atoms with Crippen molar-refractivity contribution in [1.29, 1.82) is 0 Å². The third-order valence-electron chi connectivity index (χ3n) is 8.63. The van der Waals surface area contributed by atoms with E-state index in [1.54, 1.807) is 36.1 Å². The molecule has 0 radical (unpaired) electrons. The van der Waals surface area contributed by atoms with E-state index < -0.39 is 21.3 Å². The Balaban J connectivity index is 1.90. The molecule has 4 heterocycles. The second-order valence-electron chi connectivity index (χ2n) is 13.0. The van der Waals surface area contributed by atoms with Crippen LogP contribution in [0.5, 0.6) is 0 Å². The van der Waals surface area contributed by atoms with Gasteiger partial charge in [-0.1, -0.05) is 64.9 Å². The van der Waals surface area contributed by atoms with Crippen LogP contribution >= 0.6 is 11.6 Å². The molecule has 0 unspecified atom stereocenters. The fraction of sp³-hybridized carbons (Fsp3) is 0.429. The van der Waals surface area contributed by atoms with Crippen LogP contribution in [0.2, 0.25) is 5.02 Å². The van der Waals surface area contributed by atoms with Gasteiger partial charge in [-0.15, -0.1) is 0 Å². The van der Waals surface area contributed by atoms with Crippen LogP contribution in [0, 0.1) is 5.82 Å². The molecule has 11 nitrogen and oxygen atoms in total. The molecule has 14 heteroatoms. The molecule has 4 aromatic rings. The number of nitrogens with zero attached hydrogens (tertiary/aromatic N) is 7. The summed E-state index contributed by atoms with van der Waals surface area (Å²) in [5.41, 5.74) is 0.586. The van der Waals surface area contributed by atoms with Crippen LogP contribution in [-0.2, 0) is 14.6 Å². The number of carbonyl (C=O) groups excluding carboxylic acids is 1. The molecule has 49 heavy (non-hydrogen) atoms. The van der Waals surface area contributed by atoms with Crippen LogP contribution in [0.4, 0.5) is 10.2 Å². The number of pyridine rings is 1. The normalized spacial score (nSPS) is 17.0. The number of amides is 1. The molecule has 0 spiro atoms. The monoisotopic (exact) mass is 709 g/mol. The van der Waals surface area contributed by atoms with E-state index in [9.17, 15) is 18.0 Å². The summed E-state index contributed by atoms with van der Waals surface area (Å²) in [6.07, 6.45) is 1.66. The number of piperazine rings is 1. The first-order valence-electron chi connectivity index (χ1n) is 16.3. The Bertz CT molecular complexity index is 2090. The number of hydrogen-bond acceptors (Lipinski definition) is 9. The molecule has 5 rings (SSSR count). The molecular formula is C35H41ClFN7O4S. The van der Waals surface area contributed by atoms with Crippen molar-refractivity contribution in [3.8, 4) is 16.9 Å². The molecule has 1 amide bonds. The Hall–Kier alpha value is -4.23. The SMILES string of the molecule is C=CC(=O)N1C[C@H](C)N(c2nc(=O)n(-c3c(C(C)C)nc(S(=O)(=O)CCC)nc3C(C)C)c3nc(-c4ccccc4F)c(Cl)cc23)C[C@H]1C. The van der Waals surface area contributed by atoms with E-state index in [2.05, 4.69) is 21.5 Å². The Kier molecular flexibility index (Phi) is 10.3. The Morgan fingerprint density at radius 2 is 1.67 bits per heavy atom. The van der Waals surface area contributed by atoms with Crippen molar-refractivity contribution in [3.05, 3.63) is 75.7 Å². The summed E-state index contributed by atoms with van der Waals surface area (Å²) in [7, 11) is -3.81. The predicted molar refractivity (Wildman–Crippen MR) is 190 cm³/mol. The highest BCUT2D eigenvalue weighted by atomic mass is 35.5. The van der Waals surface area contributed by atoms with Crippen molar-refractivity contribution in [1.82, 2.24) is 29.4 Å². The number of carbonyl (C=O) groups is 1. The standard InChI is InChI=1S/C35H41ClFN7O4S/c1-9-15-49(47,48)34-39-28(19(3)4)31(29(40-34)20(5)6)44-33-24(16-25(36)30(38-33)23-13-11-12-14-26(23)37)32(41-35(44)46)43-18-21(7)42(17-22(43)8)27(45)10-2/h10-14,16,19-22H,2,9,15,17-18H2,1,3-8H3/t21-,22+/m1/s1. The minimum atomic E-state index is -3.81. The third kappa shape index (κ3) is 6.70. The van der Waals surface area contributed by atoms with E-state index in [0.29, 0.717) is 42.1 Å². The van der Waals surface area contributed by atoms with Crippen molar-refractivity contribution in [2.24, 2.45) is 0 Å². The molecule has 1 fully saturated rings. The van der Waals surface area contributed by atoms with Gasteiger partial charge in [-0.3, -0.25) is 4.79 Å². The second-order valence-corrected chi connectivity index (χ2v) is 15.4. The maximum absolute atomic E-state index is 15.2. The van der Waals surface area contributed by atoms with E-state index in [1.165, 1.54) is 16.7 Å². The van der Waals surface area contributed by atoms with Crippen LogP contribution in [0.25, 0.3) is 28.0 Å². The lowest BCUT2D eigenvalue weighted by molar-refractivity contribution is -0.128. The highest BCUT2D eigenvalue weighted by molar-refractivity contribution is 7.91. The largest absolute Gasteiger partial charge is 0.355 e. The maximum atomic E-state index is 15.2. The number of halogens is 2. The van der Waals surface area contributed by atoms with Gasteiger partial charge in [0.1, 0.15) is 11.6 Å². The first kappa shape index (κ1) is 36.1. The van der Waals surface area contributed by atoms with Crippen molar-refractivity contribution < 1.29 is 17.6 Å². The van der Waals surface area contributed by atoms with Gasteiger partial charge in [0.05, 0.1) is 38.9 Å². The number of rotatable bonds is 9. The predicted octanol–water partition coefficient (Wildman–Crippen LogP) is 6.07. The van der Waals surface area contributed by atoms with Gasteiger partial charge >= 0.3 is 5.69 Å². The highest BCUT2D eigenvalue weighted by Gasteiger charge is 2.35. The van der Waals surface area contributed by atoms with Crippen molar-refractivity contribution in [2.75, 3.05) is 23.7 Å². The third-order valence-corrected chi connectivity index (χ3v) is 10.6. The zero-order valence-corrected chi connectivity index (χ0v) is 30.3. The Morgan fingerprint density at radius 3 is 2.24 bits per heavy atom. The van der Waals surface area contributed by atoms with E-state index >= 15 is 4.39 Å². The minimum absolute atomic E-state index is 0.112. The molecule has 1 aromatic carbocycles.